The minimum absolute atomic E-state index is 0.000653. The van der Waals surface area contributed by atoms with Crippen molar-refractivity contribution in [1.82, 2.24) is 14.5 Å². The normalized spacial score (nSPS) is 11.1. The first-order valence-electron chi connectivity index (χ1n) is 9.07. The van der Waals surface area contributed by atoms with Crippen molar-refractivity contribution in [2.24, 2.45) is 0 Å². The van der Waals surface area contributed by atoms with Crippen LogP contribution in [-0.4, -0.2) is 20.4 Å². The Balaban J connectivity index is 1.90. The van der Waals surface area contributed by atoms with Crippen LogP contribution in [0.25, 0.3) is 17.1 Å². The number of anilines is 1. The fraction of sp³-hybridized carbons (Fsp3) is 0. The molecule has 34 heavy (non-hydrogen) atoms. The molecule has 0 aliphatic rings. The van der Waals surface area contributed by atoms with E-state index in [-0.39, 0.29) is 21.6 Å². The lowest BCUT2D eigenvalue weighted by Crippen LogP contribution is -2.17. The van der Waals surface area contributed by atoms with Gasteiger partial charge in [0.05, 0.1) is 17.6 Å². The van der Waals surface area contributed by atoms with Gasteiger partial charge < -0.3 is 5.32 Å². The van der Waals surface area contributed by atoms with Gasteiger partial charge >= 0.3 is 0 Å². The molecule has 0 unspecified atom stereocenters. The highest BCUT2D eigenvalue weighted by molar-refractivity contribution is 6.34. The Hall–Kier alpha value is -3.57. The Morgan fingerprint density at radius 1 is 0.853 bits per heavy atom. The predicted octanol–water partition coefficient (Wildman–Crippen LogP) is 6.33. The van der Waals surface area contributed by atoms with Crippen LogP contribution >= 0.6 is 23.2 Å². The zero-order valence-corrected chi connectivity index (χ0v) is 17.8. The van der Waals surface area contributed by atoms with Gasteiger partial charge in [0.25, 0.3) is 5.91 Å². The number of aromatic nitrogens is 3. The van der Waals surface area contributed by atoms with Crippen LogP contribution < -0.4 is 5.32 Å². The number of nitrogens with zero attached hydrogens (tertiary/aromatic N) is 3. The molecular weight excluding hydrogens is 509 g/mol. The number of amides is 1. The second-order valence-electron chi connectivity index (χ2n) is 6.71. The molecule has 0 aliphatic heterocycles. The fourth-order valence-electron chi connectivity index (χ4n) is 3.02. The van der Waals surface area contributed by atoms with Gasteiger partial charge in [0.15, 0.2) is 40.1 Å². The summed E-state index contributed by atoms with van der Waals surface area (Å²) in [5.41, 5.74) is -1.25. The Morgan fingerprint density at radius 3 is 1.97 bits per heavy atom. The molecule has 0 atom stereocenters. The maximum atomic E-state index is 14.0. The van der Waals surface area contributed by atoms with Crippen LogP contribution in [0.5, 0.6) is 0 Å². The molecule has 2 heterocycles. The molecule has 0 spiro atoms. The molecule has 2 aromatic carbocycles. The summed E-state index contributed by atoms with van der Waals surface area (Å²) in [5.74, 6) is -11.3. The zero-order chi connectivity index (χ0) is 24.7. The van der Waals surface area contributed by atoms with E-state index in [1.165, 1.54) is 12.1 Å². The quantitative estimate of drug-likeness (QED) is 0.196. The number of hydrogen-bond acceptors (Lipinski definition) is 3. The summed E-state index contributed by atoms with van der Waals surface area (Å²) in [6, 6.07) is 4.84. The molecule has 4 aromatic rings. The fourth-order valence-corrected chi connectivity index (χ4v) is 3.42. The number of imidazole rings is 1. The summed E-state index contributed by atoms with van der Waals surface area (Å²) in [4.78, 5) is 20.6. The minimum Gasteiger partial charge on any atom is -0.318 e. The van der Waals surface area contributed by atoms with Crippen molar-refractivity contribution >= 4 is 34.8 Å². The van der Waals surface area contributed by atoms with Gasteiger partial charge in [-0.3, -0.25) is 9.36 Å². The van der Waals surface area contributed by atoms with Crippen LogP contribution in [0.4, 0.5) is 32.0 Å². The number of benzene rings is 2. The predicted molar refractivity (Wildman–Crippen MR) is 111 cm³/mol. The Morgan fingerprint density at radius 2 is 1.41 bits per heavy atom. The molecule has 0 bridgehead atoms. The van der Waals surface area contributed by atoms with Crippen molar-refractivity contribution in [1.29, 1.82) is 0 Å². The van der Waals surface area contributed by atoms with Crippen LogP contribution in [-0.2, 0) is 0 Å². The van der Waals surface area contributed by atoms with E-state index < -0.39 is 58.0 Å². The van der Waals surface area contributed by atoms with Crippen molar-refractivity contribution in [3.63, 3.8) is 0 Å². The van der Waals surface area contributed by atoms with Crippen LogP contribution in [0.3, 0.4) is 0 Å². The van der Waals surface area contributed by atoms with Gasteiger partial charge in [0.2, 0.25) is 0 Å². The van der Waals surface area contributed by atoms with Crippen molar-refractivity contribution in [3.8, 4) is 17.1 Å². The largest absolute Gasteiger partial charge is 0.318 e. The second-order valence-corrected chi connectivity index (χ2v) is 7.45. The molecule has 13 heteroatoms. The lowest BCUT2D eigenvalue weighted by atomic mass is 10.1. The summed E-state index contributed by atoms with van der Waals surface area (Å²) in [6.45, 7) is 0. The monoisotopic (exact) mass is 516 g/mol. The first-order valence-corrected chi connectivity index (χ1v) is 9.83. The van der Waals surface area contributed by atoms with E-state index in [2.05, 4.69) is 15.3 Å². The van der Waals surface area contributed by atoms with Crippen molar-refractivity contribution in [3.05, 3.63) is 93.5 Å². The van der Waals surface area contributed by atoms with E-state index in [9.17, 15) is 31.1 Å². The third-order valence-electron chi connectivity index (χ3n) is 4.53. The Kier molecular flexibility index (Phi) is 6.24. The minimum atomic E-state index is -1.78. The zero-order valence-electron chi connectivity index (χ0n) is 16.3. The standard InChI is InChI=1S/C21H8Cl2F6N4O/c22-16-2-1-14(19(23)32-16)31-21(34)15-7-30-20(8-3-10(24)17(28)11(25)4-8)33(15)9-5-12(26)18(29)13(27)6-9/h1-7H,(H,31,34). The molecule has 4 rings (SSSR count). The number of pyridine rings is 1. The van der Waals surface area contributed by atoms with Gasteiger partial charge in [0.1, 0.15) is 16.7 Å². The number of carbonyl (C=O) groups excluding carboxylic acids is 1. The van der Waals surface area contributed by atoms with E-state index in [4.69, 9.17) is 23.2 Å². The summed E-state index contributed by atoms with van der Waals surface area (Å²) < 4.78 is 83.3. The highest BCUT2D eigenvalue weighted by atomic mass is 35.5. The van der Waals surface area contributed by atoms with Gasteiger partial charge in [-0.25, -0.2) is 36.3 Å². The van der Waals surface area contributed by atoms with Crippen LogP contribution in [0.15, 0.2) is 42.6 Å². The molecule has 0 saturated carbocycles. The highest BCUT2D eigenvalue weighted by Crippen LogP contribution is 2.29. The second kappa shape index (κ2) is 8.99. The van der Waals surface area contributed by atoms with Crippen molar-refractivity contribution < 1.29 is 31.1 Å². The summed E-state index contributed by atoms with van der Waals surface area (Å²) >= 11 is 11.6. The van der Waals surface area contributed by atoms with E-state index >= 15 is 0 Å². The SMILES string of the molecule is O=C(Nc1ccc(Cl)nc1Cl)c1cnc(-c2cc(F)c(F)c(F)c2)n1-c1cc(F)c(F)c(F)c1. The molecule has 0 fully saturated rings. The van der Waals surface area contributed by atoms with Crippen molar-refractivity contribution in [2.45, 2.75) is 0 Å². The average Bonchev–Trinajstić information content (AvgIpc) is 3.22. The number of rotatable bonds is 4. The first kappa shape index (κ1) is 23.6. The summed E-state index contributed by atoms with van der Waals surface area (Å²) in [7, 11) is 0. The number of hydrogen-bond donors (Lipinski definition) is 1. The number of nitrogens with one attached hydrogen (secondary N) is 1. The van der Waals surface area contributed by atoms with Gasteiger partial charge in [-0.15, -0.1) is 0 Å². The molecule has 5 nitrogen and oxygen atoms in total. The molecule has 1 N–H and O–H groups in total. The molecule has 1 amide bonds. The van der Waals surface area contributed by atoms with Gasteiger partial charge in [0, 0.05) is 17.7 Å². The molecule has 2 aromatic heterocycles. The van der Waals surface area contributed by atoms with E-state index in [1.807, 2.05) is 0 Å². The van der Waals surface area contributed by atoms with E-state index in [1.54, 1.807) is 0 Å². The lowest BCUT2D eigenvalue weighted by Gasteiger charge is -2.14. The topological polar surface area (TPSA) is 59.8 Å². The lowest BCUT2D eigenvalue weighted by molar-refractivity contribution is 0.102. The Bertz CT molecular complexity index is 1410. The highest BCUT2D eigenvalue weighted by Gasteiger charge is 2.24. The average molecular weight is 517 g/mol. The molecule has 0 aliphatic carbocycles. The maximum Gasteiger partial charge on any atom is 0.274 e. The van der Waals surface area contributed by atoms with Crippen LogP contribution in [0, 0.1) is 34.9 Å². The van der Waals surface area contributed by atoms with E-state index in [0.29, 0.717) is 24.3 Å². The number of halogens is 8. The Labute approximate surface area is 196 Å². The van der Waals surface area contributed by atoms with Crippen LogP contribution in [0.2, 0.25) is 10.3 Å². The molecule has 0 radical (unpaired) electrons. The van der Waals surface area contributed by atoms with Gasteiger partial charge in [-0.2, -0.15) is 0 Å². The van der Waals surface area contributed by atoms with E-state index in [0.717, 1.165) is 10.8 Å². The van der Waals surface area contributed by atoms with Crippen LogP contribution in [0.1, 0.15) is 10.5 Å². The van der Waals surface area contributed by atoms with Gasteiger partial charge in [-0.1, -0.05) is 23.2 Å². The summed E-state index contributed by atoms with van der Waals surface area (Å²) in [5, 5.41) is 2.23. The molecule has 0 saturated heterocycles. The maximum absolute atomic E-state index is 14.0. The number of carbonyl (C=O) groups is 1. The molecular formula is C21H8Cl2F6N4O. The third-order valence-corrected chi connectivity index (χ3v) is 5.02. The van der Waals surface area contributed by atoms with Crippen molar-refractivity contribution in [2.75, 3.05) is 5.32 Å². The smallest absolute Gasteiger partial charge is 0.274 e. The summed E-state index contributed by atoms with van der Waals surface area (Å²) in [6.07, 6.45) is 0.917. The van der Waals surface area contributed by atoms with Gasteiger partial charge in [-0.05, 0) is 24.3 Å². The molecule has 174 valence electrons. The first-order chi connectivity index (χ1) is 16.1. The third kappa shape index (κ3) is 4.31.